The number of benzene rings is 2. The third kappa shape index (κ3) is 0.610. The van der Waals surface area contributed by atoms with Crippen LogP contribution in [0.15, 0.2) is 48.5 Å². The molecule has 0 amide bonds. The van der Waals surface area contributed by atoms with E-state index in [-0.39, 0.29) is 15.8 Å². The van der Waals surface area contributed by atoms with Crippen molar-refractivity contribution in [3.8, 4) is 0 Å². The Morgan fingerprint density at radius 1 is 0.600 bits per heavy atom. The first-order valence-electron chi connectivity index (χ1n) is 17.3. The van der Waals surface area contributed by atoms with Gasteiger partial charge in [-0.05, 0) is 0 Å². The van der Waals surface area contributed by atoms with Crippen LogP contribution in [0.3, 0.4) is 0 Å². The topological polar surface area (TPSA) is 0 Å². The second-order valence-electron chi connectivity index (χ2n) is 19.1. The van der Waals surface area contributed by atoms with Crippen LogP contribution in [0.1, 0.15) is 75.3 Å². The molecule has 0 N–H and O–H groups in total. The average molecular weight is 609 g/mol. The Labute approximate surface area is 234 Å². The van der Waals surface area contributed by atoms with Gasteiger partial charge in [-0.25, -0.2) is 0 Å². The van der Waals surface area contributed by atoms with Gasteiger partial charge >= 0.3 is 235 Å². The summed E-state index contributed by atoms with van der Waals surface area (Å²) in [5, 5.41) is 3.63. The van der Waals surface area contributed by atoms with E-state index >= 15 is 0 Å². The zero-order valence-corrected chi connectivity index (χ0v) is 27.3. The molecular formula is C37H46FeP2. The molecule has 0 aromatic heterocycles. The first-order valence-corrected chi connectivity index (χ1v) is 26.5. The van der Waals surface area contributed by atoms with Gasteiger partial charge in [-0.1, -0.05) is 0 Å². The van der Waals surface area contributed by atoms with Crippen molar-refractivity contribution in [3.05, 3.63) is 59.7 Å². The van der Waals surface area contributed by atoms with Gasteiger partial charge in [0.15, 0.2) is 0 Å². The number of hydrogen-bond donors (Lipinski definition) is 0. The molecule has 5 atom stereocenters. The molecule has 10 saturated heterocycles. The van der Waals surface area contributed by atoms with E-state index in [2.05, 4.69) is 62.4 Å². The summed E-state index contributed by atoms with van der Waals surface area (Å²) in [4.78, 5) is 11.3. The first kappa shape index (κ1) is 21.5. The van der Waals surface area contributed by atoms with Crippen molar-refractivity contribution in [1.82, 2.24) is 0 Å². The summed E-state index contributed by atoms with van der Waals surface area (Å²) in [6, 6.07) is 20.6. The van der Waals surface area contributed by atoms with Crippen molar-refractivity contribution in [2.45, 2.75) is 136 Å². The van der Waals surface area contributed by atoms with Crippen LogP contribution in [0.2, 0.25) is 42.8 Å². The molecule has 2 aliphatic carbocycles. The normalized spacial score (nSPS) is 65.1. The van der Waals surface area contributed by atoms with Gasteiger partial charge in [-0.2, -0.15) is 0 Å². The molecule has 40 heavy (non-hydrogen) atoms. The molecular weight excluding hydrogens is 562 g/mol. The van der Waals surface area contributed by atoms with E-state index in [4.69, 9.17) is 0 Å². The van der Waals surface area contributed by atoms with Crippen molar-refractivity contribution in [3.63, 3.8) is 0 Å². The molecule has 4 unspecified atom stereocenters. The zero-order valence-electron chi connectivity index (χ0n) is 24.4. The molecule has 3 heteroatoms. The van der Waals surface area contributed by atoms with E-state index in [0.717, 1.165) is 19.7 Å². The standard InChI is InChI=1S/C32H41P2.C5H5.Fe/c1-25-16-20-30(21-17-25)34(31-22-18-26(2)19-23-31)32-15-9-10-27(32)24-33(28-11-5-3-6-12-28)29-13-7-4-8-14-29;1-2-4-5-3-1;/h9-10,15-23,28-29H,3-8,11-14,24H2,1-2H3;1-5H;. The van der Waals surface area contributed by atoms with Crippen LogP contribution in [0.4, 0.5) is 0 Å². The minimum atomic E-state index is -3.60. The molecule has 2 saturated carbocycles. The maximum atomic E-state index is 2.66. The molecule has 212 valence electrons. The third-order valence-corrected chi connectivity index (χ3v) is 77.0. The summed E-state index contributed by atoms with van der Waals surface area (Å²) < 4.78 is 1.91. The molecule has 10 heterocycles. The first-order chi connectivity index (χ1) is 19.4. The van der Waals surface area contributed by atoms with Gasteiger partial charge in [-0.3, -0.25) is 0 Å². The van der Waals surface area contributed by atoms with Crippen LogP contribution in [0, 0.1) is 13.8 Å². The summed E-state index contributed by atoms with van der Waals surface area (Å²) in [6.07, 6.45) is 17.7. The van der Waals surface area contributed by atoms with E-state index < -0.39 is 6.51 Å². The summed E-state index contributed by atoms with van der Waals surface area (Å²) in [5.41, 5.74) is 5.24. The molecule has 10 aliphatic heterocycles. The molecule has 12 fully saturated rings. The third-order valence-electron chi connectivity index (χ3n) is 22.5. The minimum absolute atomic E-state index is 0.197. The quantitative estimate of drug-likeness (QED) is 0.217. The van der Waals surface area contributed by atoms with Crippen LogP contribution in [0.5, 0.6) is 0 Å². The predicted octanol–water partition coefficient (Wildman–Crippen LogP) is 10.6. The van der Waals surface area contributed by atoms with Crippen molar-refractivity contribution in [2.75, 3.05) is 6.16 Å². The summed E-state index contributed by atoms with van der Waals surface area (Å²) >= 11 is 0. The fraction of sp³-hybridized carbons (Fsp3) is 0.676. The van der Waals surface area contributed by atoms with E-state index in [0.29, 0.717) is 0 Å². The fourth-order valence-corrected chi connectivity index (χ4v) is 122. The van der Waals surface area contributed by atoms with Gasteiger partial charge in [0.25, 0.3) is 0 Å². The Bertz CT molecular complexity index is 1840. The monoisotopic (exact) mass is 608 g/mol. The SMILES string of the molecule is Cc1ccc(P(c2ccc(C)cc2)[C]23[CH]4[CH]5[CH]6[C@@]2(CP(C2CCCCC2)C2CCCCC2)[Fe]54632789[CH]3[CH]2[CH]7[CH]8[CH]39)cc1. The molecule has 0 radical (unpaired) electrons. The maximum absolute atomic E-state index is 3.60. The van der Waals surface area contributed by atoms with E-state index in [1.807, 2.05) is 16.8 Å². The fourth-order valence-electron chi connectivity index (χ4n) is 23.5. The Balaban J connectivity index is 1.02. The average Bonchev–Trinajstić information content (AvgIpc) is 3.95. The number of rotatable bonds is 7. The molecule has 2 aromatic carbocycles. The van der Waals surface area contributed by atoms with E-state index in [9.17, 15) is 0 Å². The van der Waals surface area contributed by atoms with E-state index in [1.54, 1.807) is 64.2 Å². The van der Waals surface area contributed by atoms with Gasteiger partial charge in [0.2, 0.25) is 0 Å². The number of fused-ring (bicyclic) bond motifs is 10. The summed E-state index contributed by atoms with van der Waals surface area (Å²) in [6.45, 7) is 1.02. The summed E-state index contributed by atoms with van der Waals surface area (Å²) in [5.74, 6) is 0. The molecule has 0 bridgehead atoms. The number of aryl methyl sites for hydroxylation is 2. The van der Waals surface area contributed by atoms with Gasteiger partial charge in [-0.15, -0.1) is 0 Å². The molecule has 1 spiro atoms. The predicted molar refractivity (Wildman–Crippen MR) is 170 cm³/mol. The van der Waals surface area contributed by atoms with Crippen molar-refractivity contribution < 1.29 is 6.51 Å². The van der Waals surface area contributed by atoms with E-state index in [1.165, 1.54) is 49.7 Å². The van der Waals surface area contributed by atoms with Gasteiger partial charge in [0.05, 0.1) is 0 Å². The molecule has 0 nitrogen and oxygen atoms in total. The zero-order chi connectivity index (χ0) is 26.0. The Morgan fingerprint density at radius 2 is 1.05 bits per heavy atom. The van der Waals surface area contributed by atoms with Crippen molar-refractivity contribution in [2.24, 2.45) is 0 Å². The number of hydrogen-bond acceptors (Lipinski definition) is 0. The van der Waals surface area contributed by atoms with Gasteiger partial charge in [0.1, 0.15) is 0 Å². The van der Waals surface area contributed by atoms with Crippen LogP contribution in [0.25, 0.3) is 0 Å². The van der Waals surface area contributed by atoms with Crippen LogP contribution >= 0.6 is 15.8 Å². The Morgan fingerprint density at radius 3 is 1.45 bits per heavy atom. The van der Waals surface area contributed by atoms with Crippen molar-refractivity contribution >= 4 is 26.5 Å². The second kappa shape index (κ2) is 3.62. The molecule has 14 rings (SSSR count). The van der Waals surface area contributed by atoms with Crippen LogP contribution in [-0.4, -0.2) is 21.5 Å². The van der Waals surface area contributed by atoms with Gasteiger partial charge < -0.3 is 0 Å². The molecule has 2 aromatic rings. The van der Waals surface area contributed by atoms with Gasteiger partial charge in [0, 0.05) is 0 Å². The molecule has 12 aliphatic rings. The Hall–Kier alpha value is -0.181. The summed E-state index contributed by atoms with van der Waals surface area (Å²) in [7, 11) is 0.0409. The van der Waals surface area contributed by atoms with Crippen molar-refractivity contribution in [1.29, 1.82) is 0 Å². The Kier molecular flexibility index (Phi) is 1.95. The van der Waals surface area contributed by atoms with Crippen LogP contribution in [-0.2, 0) is 6.51 Å². The second-order valence-corrected chi connectivity index (χ2v) is 48.1. The van der Waals surface area contributed by atoms with Crippen LogP contribution < -0.4 is 10.6 Å².